The zero-order valence-electron chi connectivity index (χ0n) is 15.6. The Hall–Kier alpha value is -3.08. The van der Waals surface area contributed by atoms with Crippen molar-refractivity contribution in [3.8, 4) is 11.4 Å². The highest BCUT2D eigenvalue weighted by Gasteiger charge is 2.32. The van der Waals surface area contributed by atoms with E-state index in [1.165, 1.54) is 0 Å². The minimum atomic E-state index is 0.0240. The number of likely N-dealkylation sites (tertiary alicyclic amines) is 1. The van der Waals surface area contributed by atoms with E-state index >= 15 is 0 Å². The highest BCUT2D eigenvalue weighted by Crippen LogP contribution is 2.33. The van der Waals surface area contributed by atoms with Crippen molar-refractivity contribution in [1.82, 2.24) is 14.7 Å². The quantitative estimate of drug-likeness (QED) is 0.701. The van der Waals surface area contributed by atoms with Crippen LogP contribution in [0, 0.1) is 6.92 Å². The minimum Gasteiger partial charge on any atom is -0.497 e. The van der Waals surface area contributed by atoms with Crippen molar-refractivity contribution in [2.45, 2.75) is 25.8 Å². The molecule has 1 aromatic heterocycles. The van der Waals surface area contributed by atoms with E-state index in [4.69, 9.17) is 9.84 Å². The second-order valence-corrected chi connectivity index (χ2v) is 6.84. The number of ether oxygens (including phenoxy) is 1. The Labute approximate surface area is 159 Å². The van der Waals surface area contributed by atoms with Crippen LogP contribution < -0.4 is 4.74 Å². The van der Waals surface area contributed by atoms with E-state index in [1.807, 2.05) is 71.1 Å². The van der Waals surface area contributed by atoms with Gasteiger partial charge in [0.05, 0.1) is 24.5 Å². The zero-order valence-corrected chi connectivity index (χ0v) is 15.6. The largest absolute Gasteiger partial charge is 0.497 e. The van der Waals surface area contributed by atoms with Crippen molar-refractivity contribution in [3.63, 3.8) is 0 Å². The van der Waals surface area contributed by atoms with Crippen molar-refractivity contribution >= 4 is 5.91 Å². The average molecular weight is 361 g/mol. The van der Waals surface area contributed by atoms with Gasteiger partial charge in [-0.2, -0.15) is 5.10 Å². The number of nitrogens with zero attached hydrogens (tertiary/aromatic N) is 3. The monoisotopic (exact) mass is 361 g/mol. The molecular formula is C22H23N3O2. The predicted molar refractivity (Wildman–Crippen MR) is 104 cm³/mol. The van der Waals surface area contributed by atoms with Gasteiger partial charge in [-0.1, -0.05) is 18.2 Å². The van der Waals surface area contributed by atoms with Crippen molar-refractivity contribution in [2.75, 3.05) is 13.7 Å². The number of methoxy groups -OCH3 is 1. The number of carbonyl (C=O) groups is 1. The molecule has 1 aliphatic rings. The summed E-state index contributed by atoms with van der Waals surface area (Å²) in [5, 5.41) is 4.83. The normalized spacial score (nSPS) is 16.5. The van der Waals surface area contributed by atoms with Gasteiger partial charge in [-0.3, -0.25) is 4.79 Å². The van der Waals surface area contributed by atoms with Crippen molar-refractivity contribution in [2.24, 2.45) is 0 Å². The number of aryl methyl sites for hydroxylation is 1. The van der Waals surface area contributed by atoms with Crippen LogP contribution in [-0.2, 0) is 0 Å². The molecule has 138 valence electrons. The number of hydrogen-bond donors (Lipinski definition) is 0. The Balaban J connectivity index is 1.62. The third-order valence-electron chi connectivity index (χ3n) is 5.10. The Morgan fingerprint density at radius 3 is 2.56 bits per heavy atom. The smallest absolute Gasteiger partial charge is 0.254 e. The number of carbonyl (C=O) groups excluding carboxylic acids is 1. The molecule has 27 heavy (non-hydrogen) atoms. The van der Waals surface area contributed by atoms with Crippen LogP contribution in [0.15, 0.2) is 60.7 Å². The molecule has 1 amide bonds. The van der Waals surface area contributed by atoms with E-state index in [0.717, 1.165) is 47.8 Å². The molecule has 0 bridgehead atoms. The van der Waals surface area contributed by atoms with Gasteiger partial charge in [0.15, 0.2) is 0 Å². The first kappa shape index (κ1) is 17.3. The number of benzene rings is 2. The molecule has 0 saturated carbocycles. The molecule has 4 rings (SSSR count). The van der Waals surface area contributed by atoms with Crippen molar-refractivity contribution in [1.29, 1.82) is 0 Å². The molecule has 0 N–H and O–H groups in total. The van der Waals surface area contributed by atoms with Gasteiger partial charge in [-0.05, 0) is 62.2 Å². The summed E-state index contributed by atoms with van der Waals surface area (Å²) in [5.74, 6) is 0.897. The molecule has 1 aliphatic heterocycles. The molecule has 2 heterocycles. The molecule has 0 aliphatic carbocycles. The highest BCUT2D eigenvalue weighted by atomic mass is 16.5. The van der Waals surface area contributed by atoms with E-state index < -0.39 is 0 Å². The second kappa shape index (κ2) is 7.27. The standard InChI is InChI=1S/C22H23N3O2/c1-16-15-20(23-25(16)18-10-12-19(27-2)13-11-18)21-9-6-14-24(21)22(26)17-7-4-3-5-8-17/h3-5,7-8,10-13,15,21H,6,9,14H2,1-2H3. The van der Waals surface area contributed by atoms with Gasteiger partial charge in [-0.15, -0.1) is 0 Å². The highest BCUT2D eigenvalue weighted by molar-refractivity contribution is 5.94. The van der Waals surface area contributed by atoms with Crippen LogP contribution in [0.25, 0.3) is 5.69 Å². The van der Waals surface area contributed by atoms with Gasteiger partial charge < -0.3 is 9.64 Å². The van der Waals surface area contributed by atoms with E-state index in [-0.39, 0.29) is 11.9 Å². The lowest BCUT2D eigenvalue weighted by molar-refractivity contribution is 0.0732. The molecule has 1 fully saturated rings. The van der Waals surface area contributed by atoms with E-state index in [9.17, 15) is 4.79 Å². The first-order valence-corrected chi connectivity index (χ1v) is 9.24. The molecule has 1 unspecified atom stereocenters. The number of hydrogen-bond acceptors (Lipinski definition) is 3. The van der Waals surface area contributed by atoms with Gasteiger partial charge in [0.2, 0.25) is 0 Å². The summed E-state index contributed by atoms with van der Waals surface area (Å²) in [5.41, 5.74) is 3.72. The lowest BCUT2D eigenvalue weighted by atomic mass is 10.1. The molecule has 0 radical (unpaired) electrons. The van der Waals surface area contributed by atoms with Crippen LogP contribution in [0.2, 0.25) is 0 Å². The van der Waals surface area contributed by atoms with Crippen LogP contribution in [0.3, 0.4) is 0 Å². The minimum absolute atomic E-state index is 0.0240. The van der Waals surface area contributed by atoms with E-state index in [1.54, 1.807) is 7.11 Å². The molecule has 1 atom stereocenters. The number of aromatic nitrogens is 2. The van der Waals surface area contributed by atoms with Gasteiger partial charge in [0.1, 0.15) is 5.75 Å². The summed E-state index contributed by atoms with van der Waals surface area (Å²) in [6.45, 7) is 2.81. The molecule has 5 nitrogen and oxygen atoms in total. The maximum atomic E-state index is 12.9. The second-order valence-electron chi connectivity index (χ2n) is 6.84. The van der Waals surface area contributed by atoms with Crippen LogP contribution >= 0.6 is 0 Å². The van der Waals surface area contributed by atoms with Crippen LogP contribution in [0.5, 0.6) is 5.75 Å². The third-order valence-corrected chi connectivity index (χ3v) is 5.10. The lowest BCUT2D eigenvalue weighted by Gasteiger charge is -2.23. The fraction of sp³-hybridized carbons (Fsp3) is 0.273. The molecule has 3 aromatic rings. The fourth-order valence-corrected chi connectivity index (χ4v) is 3.71. The average Bonchev–Trinajstić information content (AvgIpc) is 3.35. The Morgan fingerprint density at radius 1 is 1.11 bits per heavy atom. The third kappa shape index (κ3) is 3.33. The summed E-state index contributed by atoms with van der Waals surface area (Å²) in [6, 6.07) is 19.4. The molecule has 5 heteroatoms. The van der Waals surface area contributed by atoms with E-state index in [0.29, 0.717) is 0 Å². The Morgan fingerprint density at radius 2 is 1.85 bits per heavy atom. The molecule has 1 saturated heterocycles. The van der Waals surface area contributed by atoms with Crippen molar-refractivity contribution in [3.05, 3.63) is 77.6 Å². The SMILES string of the molecule is COc1ccc(-n2nc(C3CCCN3C(=O)c3ccccc3)cc2C)cc1. The van der Waals surface area contributed by atoms with E-state index in [2.05, 4.69) is 6.07 Å². The topological polar surface area (TPSA) is 47.4 Å². The van der Waals surface area contributed by atoms with Gasteiger partial charge >= 0.3 is 0 Å². The molecule has 0 spiro atoms. The molecule has 2 aromatic carbocycles. The summed E-state index contributed by atoms with van der Waals surface area (Å²) < 4.78 is 7.16. The Kier molecular flexibility index (Phi) is 4.67. The van der Waals surface area contributed by atoms with Gasteiger partial charge in [0.25, 0.3) is 5.91 Å². The maximum Gasteiger partial charge on any atom is 0.254 e. The van der Waals surface area contributed by atoms with Crippen molar-refractivity contribution < 1.29 is 9.53 Å². The van der Waals surface area contributed by atoms with Gasteiger partial charge in [-0.25, -0.2) is 4.68 Å². The number of amides is 1. The summed E-state index contributed by atoms with van der Waals surface area (Å²) in [4.78, 5) is 14.9. The van der Waals surface area contributed by atoms with Crippen LogP contribution in [0.1, 0.15) is 40.6 Å². The summed E-state index contributed by atoms with van der Waals surface area (Å²) in [7, 11) is 1.66. The maximum absolute atomic E-state index is 12.9. The fourth-order valence-electron chi connectivity index (χ4n) is 3.71. The molecular weight excluding hydrogens is 338 g/mol. The first-order chi connectivity index (χ1) is 13.2. The summed E-state index contributed by atoms with van der Waals surface area (Å²) in [6.07, 6.45) is 1.94. The van der Waals surface area contributed by atoms with Crippen LogP contribution in [-0.4, -0.2) is 34.2 Å². The van der Waals surface area contributed by atoms with Gasteiger partial charge in [0, 0.05) is 17.8 Å². The number of rotatable bonds is 4. The van der Waals surface area contributed by atoms with Crippen LogP contribution in [0.4, 0.5) is 0 Å². The summed E-state index contributed by atoms with van der Waals surface area (Å²) >= 11 is 0. The lowest BCUT2D eigenvalue weighted by Crippen LogP contribution is -2.30. The Bertz CT molecular complexity index is 932. The first-order valence-electron chi connectivity index (χ1n) is 9.24. The predicted octanol–water partition coefficient (Wildman–Crippen LogP) is 4.17. The zero-order chi connectivity index (χ0) is 18.8.